The number of primary amides is 1. The number of ketones is 1. The molecule has 1 aliphatic carbocycles. The molecule has 118 valence electrons. The maximum Gasteiger partial charge on any atom is 0.248 e. The van der Waals surface area contributed by atoms with Crippen LogP contribution in [0.2, 0.25) is 0 Å². The lowest BCUT2D eigenvalue weighted by atomic mass is 9.98. The van der Waals surface area contributed by atoms with Crippen molar-refractivity contribution in [3.05, 3.63) is 64.2 Å². The maximum atomic E-state index is 12.6. The van der Waals surface area contributed by atoms with Gasteiger partial charge in [-0.3, -0.25) is 9.59 Å². The van der Waals surface area contributed by atoms with E-state index in [1.807, 2.05) is 6.07 Å². The van der Waals surface area contributed by atoms with Crippen LogP contribution in [-0.4, -0.2) is 18.8 Å². The highest BCUT2D eigenvalue weighted by Crippen LogP contribution is 2.25. The lowest BCUT2D eigenvalue weighted by Gasteiger charge is -2.10. The number of aryl methyl sites for hydroxylation is 2. The Morgan fingerprint density at radius 3 is 2.61 bits per heavy atom. The molecule has 0 fully saturated rings. The topological polar surface area (TPSA) is 69.4 Å². The summed E-state index contributed by atoms with van der Waals surface area (Å²) in [6.07, 6.45) is 3.67. The molecule has 2 aromatic carbocycles. The van der Waals surface area contributed by atoms with Crippen molar-refractivity contribution in [2.75, 3.05) is 7.11 Å². The van der Waals surface area contributed by atoms with E-state index in [2.05, 4.69) is 12.1 Å². The summed E-state index contributed by atoms with van der Waals surface area (Å²) in [5.74, 6) is -0.178. The molecule has 0 radical (unpaired) electrons. The molecule has 4 nitrogen and oxygen atoms in total. The zero-order valence-corrected chi connectivity index (χ0v) is 13.1. The Balaban J connectivity index is 1.88. The third-order valence-corrected chi connectivity index (χ3v) is 4.31. The summed E-state index contributed by atoms with van der Waals surface area (Å²) in [5, 5.41) is 0. The maximum absolute atomic E-state index is 12.6. The van der Waals surface area contributed by atoms with Crippen molar-refractivity contribution in [2.45, 2.75) is 25.7 Å². The van der Waals surface area contributed by atoms with Crippen molar-refractivity contribution in [3.8, 4) is 5.75 Å². The summed E-state index contributed by atoms with van der Waals surface area (Å²) in [6.45, 7) is 0. The van der Waals surface area contributed by atoms with Crippen molar-refractivity contribution in [2.24, 2.45) is 5.73 Å². The Labute approximate surface area is 135 Å². The predicted octanol–water partition coefficient (Wildman–Crippen LogP) is 2.71. The zero-order valence-electron chi connectivity index (χ0n) is 13.1. The highest BCUT2D eigenvalue weighted by atomic mass is 16.5. The third-order valence-electron chi connectivity index (χ3n) is 4.31. The van der Waals surface area contributed by atoms with Crippen LogP contribution in [0.5, 0.6) is 5.75 Å². The molecule has 2 aromatic rings. The number of benzene rings is 2. The van der Waals surface area contributed by atoms with Gasteiger partial charge in [0.2, 0.25) is 5.91 Å². The normalized spacial score (nSPS) is 12.7. The molecule has 3 rings (SSSR count). The molecule has 0 aliphatic heterocycles. The minimum atomic E-state index is -0.556. The van der Waals surface area contributed by atoms with Crippen LogP contribution in [-0.2, 0) is 19.3 Å². The van der Waals surface area contributed by atoms with Crippen molar-refractivity contribution in [1.82, 2.24) is 0 Å². The van der Waals surface area contributed by atoms with Crippen LogP contribution in [0, 0.1) is 0 Å². The van der Waals surface area contributed by atoms with Gasteiger partial charge in [-0.1, -0.05) is 18.2 Å². The fourth-order valence-electron chi connectivity index (χ4n) is 3.09. The quantitative estimate of drug-likeness (QED) is 0.863. The van der Waals surface area contributed by atoms with Gasteiger partial charge in [-0.25, -0.2) is 0 Å². The molecule has 1 aliphatic rings. The van der Waals surface area contributed by atoms with Gasteiger partial charge in [-0.05, 0) is 54.2 Å². The first-order valence-corrected chi connectivity index (χ1v) is 7.70. The average molecular weight is 309 g/mol. The molecule has 0 saturated carbocycles. The highest BCUT2D eigenvalue weighted by molar-refractivity contribution is 6.03. The molecule has 0 heterocycles. The number of Topliss-reactive ketones (excluding diaryl/α,β-unsaturated/α-hetero) is 1. The van der Waals surface area contributed by atoms with Crippen molar-refractivity contribution in [3.63, 3.8) is 0 Å². The van der Waals surface area contributed by atoms with Crippen molar-refractivity contribution in [1.29, 1.82) is 0 Å². The number of nitrogens with two attached hydrogens (primary N) is 1. The SMILES string of the molecule is COc1ccc(C(N)=O)cc1C(=O)Cc1ccc2c(c1)CCC2. The zero-order chi connectivity index (χ0) is 16.4. The van der Waals surface area contributed by atoms with Crippen LogP contribution in [0.15, 0.2) is 36.4 Å². The number of hydrogen-bond acceptors (Lipinski definition) is 3. The predicted molar refractivity (Wildman–Crippen MR) is 88.0 cm³/mol. The molecular weight excluding hydrogens is 290 g/mol. The van der Waals surface area contributed by atoms with Crippen LogP contribution >= 0.6 is 0 Å². The van der Waals surface area contributed by atoms with Crippen LogP contribution < -0.4 is 10.5 Å². The Morgan fingerprint density at radius 1 is 1.09 bits per heavy atom. The molecule has 0 spiro atoms. The molecule has 0 aromatic heterocycles. The van der Waals surface area contributed by atoms with Crippen LogP contribution in [0.4, 0.5) is 0 Å². The highest BCUT2D eigenvalue weighted by Gasteiger charge is 2.17. The molecule has 0 saturated heterocycles. The summed E-state index contributed by atoms with van der Waals surface area (Å²) >= 11 is 0. The fourth-order valence-corrected chi connectivity index (χ4v) is 3.09. The number of amides is 1. The van der Waals surface area contributed by atoms with E-state index >= 15 is 0 Å². The largest absolute Gasteiger partial charge is 0.496 e. The molecule has 0 unspecified atom stereocenters. The van der Waals surface area contributed by atoms with Gasteiger partial charge in [0, 0.05) is 12.0 Å². The van der Waals surface area contributed by atoms with E-state index < -0.39 is 5.91 Å². The van der Waals surface area contributed by atoms with Gasteiger partial charge < -0.3 is 10.5 Å². The summed E-state index contributed by atoms with van der Waals surface area (Å²) < 4.78 is 5.24. The van der Waals surface area contributed by atoms with Gasteiger partial charge in [-0.2, -0.15) is 0 Å². The van der Waals surface area contributed by atoms with Gasteiger partial charge in [0.05, 0.1) is 12.7 Å². The van der Waals surface area contributed by atoms with Gasteiger partial charge in [0.1, 0.15) is 5.75 Å². The van der Waals surface area contributed by atoms with Crippen LogP contribution in [0.25, 0.3) is 0 Å². The summed E-state index contributed by atoms with van der Waals surface area (Å²) in [7, 11) is 1.51. The number of carbonyl (C=O) groups is 2. The number of methoxy groups -OCH3 is 1. The lowest BCUT2D eigenvalue weighted by molar-refractivity contribution is 0.0990. The molecular formula is C19H19NO3. The van der Waals surface area contributed by atoms with E-state index in [0.29, 0.717) is 16.9 Å². The van der Waals surface area contributed by atoms with E-state index in [4.69, 9.17) is 10.5 Å². The van der Waals surface area contributed by atoms with E-state index in [0.717, 1.165) is 18.4 Å². The smallest absolute Gasteiger partial charge is 0.248 e. The summed E-state index contributed by atoms with van der Waals surface area (Å²) in [6, 6.07) is 10.9. The van der Waals surface area contributed by atoms with E-state index in [1.165, 1.54) is 30.7 Å². The summed E-state index contributed by atoms with van der Waals surface area (Å²) in [4.78, 5) is 24.0. The number of ether oxygens (including phenoxy) is 1. The number of fused-ring (bicyclic) bond motifs is 1. The van der Waals surface area contributed by atoms with E-state index in [1.54, 1.807) is 12.1 Å². The minimum absolute atomic E-state index is 0.0807. The van der Waals surface area contributed by atoms with Crippen molar-refractivity contribution < 1.29 is 14.3 Å². The van der Waals surface area contributed by atoms with E-state index in [9.17, 15) is 9.59 Å². The minimum Gasteiger partial charge on any atom is -0.496 e. The first-order valence-electron chi connectivity index (χ1n) is 7.70. The standard InChI is InChI=1S/C19H19NO3/c1-23-18-8-7-15(19(20)22)11-16(18)17(21)10-12-5-6-13-3-2-4-14(13)9-12/h5-9,11H,2-4,10H2,1H3,(H2,20,22). The first-order chi connectivity index (χ1) is 11.1. The Morgan fingerprint density at radius 2 is 1.87 bits per heavy atom. The second kappa shape index (κ2) is 6.24. The van der Waals surface area contributed by atoms with Crippen molar-refractivity contribution >= 4 is 11.7 Å². The van der Waals surface area contributed by atoms with Gasteiger partial charge >= 0.3 is 0 Å². The molecule has 4 heteroatoms. The van der Waals surface area contributed by atoms with Crippen LogP contribution in [0.1, 0.15) is 43.8 Å². The Bertz CT molecular complexity index is 780. The van der Waals surface area contributed by atoms with Gasteiger partial charge in [0.15, 0.2) is 5.78 Å². The van der Waals surface area contributed by atoms with Gasteiger partial charge in [-0.15, -0.1) is 0 Å². The Hall–Kier alpha value is -2.62. The average Bonchev–Trinajstić information content (AvgIpc) is 3.01. The van der Waals surface area contributed by atoms with Gasteiger partial charge in [0.25, 0.3) is 0 Å². The fraction of sp³-hybridized carbons (Fsp3) is 0.263. The number of carbonyl (C=O) groups excluding carboxylic acids is 2. The molecule has 1 amide bonds. The van der Waals surface area contributed by atoms with Crippen LogP contribution in [0.3, 0.4) is 0 Å². The lowest BCUT2D eigenvalue weighted by Crippen LogP contribution is -2.13. The number of hydrogen-bond donors (Lipinski definition) is 1. The monoisotopic (exact) mass is 309 g/mol. The molecule has 2 N–H and O–H groups in total. The molecule has 23 heavy (non-hydrogen) atoms. The van der Waals surface area contributed by atoms with E-state index in [-0.39, 0.29) is 12.2 Å². The molecule has 0 bridgehead atoms. The number of rotatable bonds is 5. The first kappa shape index (κ1) is 15.3. The summed E-state index contributed by atoms with van der Waals surface area (Å²) in [5.41, 5.74) is 9.71. The third kappa shape index (κ3) is 3.11. The second-order valence-electron chi connectivity index (χ2n) is 5.84. The molecule has 0 atom stereocenters. The second-order valence-corrected chi connectivity index (χ2v) is 5.84. The Kier molecular flexibility index (Phi) is 4.15.